The molecular formula is C6H14Cl2N2O2. The molecule has 0 radical (unpaired) electrons. The van der Waals surface area contributed by atoms with Crippen LogP contribution in [0.2, 0.25) is 0 Å². The third kappa shape index (κ3) is 4.11. The van der Waals surface area contributed by atoms with Crippen molar-refractivity contribution in [3.63, 3.8) is 0 Å². The summed E-state index contributed by atoms with van der Waals surface area (Å²) in [4.78, 5) is 10.8. The molecule has 1 aliphatic rings. The van der Waals surface area contributed by atoms with Crippen LogP contribution in [-0.4, -0.2) is 38.8 Å². The van der Waals surface area contributed by atoms with Crippen molar-refractivity contribution in [2.24, 2.45) is 0 Å². The van der Waals surface area contributed by atoms with Gasteiger partial charge in [-0.25, -0.2) is 0 Å². The average molecular weight is 217 g/mol. The standard InChI is InChI=1S/C6H12N2O2.2ClH/c1-10-6(9)5-4-7-2-3-8-5;;/h5,7-8H,2-4H2,1H3;2*1H. The van der Waals surface area contributed by atoms with Crippen LogP contribution in [0.25, 0.3) is 0 Å². The lowest BCUT2D eigenvalue weighted by Gasteiger charge is -2.21. The summed E-state index contributed by atoms with van der Waals surface area (Å²) in [7, 11) is 1.40. The molecule has 0 amide bonds. The van der Waals surface area contributed by atoms with E-state index in [2.05, 4.69) is 15.4 Å². The van der Waals surface area contributed by atoms with E-state index in [0.29, 0.717) is 6.54 Å². The lowest BCUT2D eigenvalue weighted by atomic mass is 10.2. The summed E-state index contributed by atoms with van der Waals surface area (Å²) in [6.45, 7) is 2.43. The maximum absolute atomic E-state index is 10.8. The van der Waals surface area contributed by atoms with Gasteiger partial charge in [0.15, 0.2) is 0 Å². The zero-order valence-electron chi connectivity index (χ0n) is 6.83. The van der Waals surface area contributed by atoms with Gasteiger partial charge in [-0.05, 0) is 0 Å². The van der Waals surface area contributed by atoms with Crippen LogP contribution in [-0.2, 0) is 9.53 Å². The molecule has 4 nitrogen and oxygen atoms in total. The fourth-order valence-electron chi connectivity index (χ4n) is 0.962. The van der Waals surface area contributed by atoms with Crippen molar-refractivity contribution in [1.82, 2.24) is 10.6 Å². The van der Waals surface area contributed by atoms with Crippen molar-refractivity contribution in [3.05, 3.63) is 0 Å². The molecule has 0 aromatic carbocycles. The SMILES string of the molecule is COC(=O)C1CNCCN1.Cl.Cl. The van der Waals surface area contributed by atoms with Crippen molar-refractivity contribution in [2.45, 2.75) is 6.04 Å². The summed E-state index contributed by atoms with van der Waals surface area (Å²) in [5.74, 6) is -0.188. The average Bonchev–Trinajstić information content (AvgIpc) is 2.05. The lowest BCUT2D eigenvalue weighted by molar-refractivity contribution is -0.143. The van der Waals surface area contributed by atoms with E-state index < -0.39 is 0 Å². The second kappa shape index (κ2) is 7.61. The topological polar surface area (TPSA) is 50.4 Å². The minimum absolute atomic E-state index is 0. The highest BCUT2D eigenvalue weighted by Gasteiger charge is 2.19. The Morgan fingerprint density at radius 2 is 2.08 bits per heavy atom. The molecule has 0 bridgehead atoms. The van der Waals surface area contributed by atoms with Crippen molar-refractivity contribution >= 4 is 30.8 Å². The number of piperazine rings is 1. The first-order valence-corrected chi connectivity index (χ1v) is 3.36. The van der Waals surface area contributed by atoms with Crippen molar-refractivity contribution in [1.29, 1.82) is 0 Å². The highest BCUT2D eigenvalue weighted by Crippen LogP contribution is 1.88. The number of hydrogen-bond donors (Lipinski definition) is 2. The minimum atomic E-state index is -0.188. The number of methoxy groups -OCH3 is 1. The number of halogens is 2. The van der Waals surface area contributed by atoms with E-state index in [1.807, 2.05) is 0 Å². The number of carbonyl (C=O) groups is 1. The van der Waals surface area contributed by atoms with Crippen LogP contribution >= 0.6 is 24.8 Å². The van der Waals surface area contributed by atoms with Gasteiger partial charge in [-0.3, -0.25) is 4.79 Å². The number of ether oxygens (including phenoxy) is 1. The fraction of sp³-hybridized carbons (Fsp3) is 0.833. The largest absolute Gasteiger partial charge is 0.468 e. The summed E-state index contributed by atoms with van der Waals surface area (Å²) in [5, 5.41) is 6.12. The third-order valence-corrected chi connectivity index (χ3v) is 1.53. The zero-order chi connectivity index (χ0) is 7.40. The Kier molecular flexibility index (Phi) is 9.19. The predicted molar refractivity (Wildman–Crippen MR) is 51.2 cm³/mol. The zero-order valence-corrected chi connectivity index (χ0v) is 8.46. The quantitative estimate of drug-likeness (QED) is 0.585. The monoisotopic (exact) mass is 216 g/mol. The number of esters is 1. The molecule has 1 fully saturated rings. The van der Waals surface area contributed by atoms with Gasteiger partial charge in [-0.1, -0.05) is 0 Å². The Balaban J connectivity index is 0. The highest BCUT2D eigenvalue weighted by atomic mass is 35.5. The maximum atomic E-state index is 10.8. The Hall–Kier alpha value is -0.0300. The van der Waals surface area contributed by atoms with E-state index in [1.165, 1.54) is 7.11 Å². The minimum Gasteiger partial charge on any atom is -0.468 e. The summed E-state index contributed by atoms with van der Waals surface area (Å²) in [6.07, 6.45) is 0. The van der Waals surface area contributed by atoms with Crippen molar-refractivity contribution in [3.8, 4) is 0 Å². The fourth-order valence-corrected chi connectivity index (χ4v) is 0.962. The Bertz CT molecular complexity index is 129. The summed E-state index contributed by atoms with van der Waals surface area (Å²) >= 11 is 0. The smallest absolute Gasteiger partial charge is 0.324 e. The molecule has 0 aromatic heterocycles. The van der Waals surface area contributed by atoms with Crippen LogP contribution in [0.15, 0.2) is 0 Å². The molecule has 1 rings (SSSR count). The summed E-state index contributed by atoms with van der Waals surface area (Å²) in [5.41, 5.74) is 0. The molecule has 0 saturated carbocycles. The third-order valence-electron chi connectivity index (χ3n) is 1.53. The van der Waals surface area contributed by atoms with Crippen LogP contribution in [0.5, 0.6) is 0 Å². The Labute approximate surface area is 84.2 Å². The van der Waals surface area contributed by atoms with Gasteiger partial charge in [-0.2, -0.15) is 0 Å². The number of nitrogens with one attached hydrogen (secondary N) is 2. The molecule has 1 aliphatic heterocycles. The second-order valence-electron chi connectivity index (χ2n) is 2.23. The molecule has 6 heteroatoms. The van der Waals surface area contributed by atoms with Crippen molar-refractivity contribution in [2.75, 3.05) is 26.7 Å². The summed E-state index contributed by atoms with van der Waals surface area (Å²) in [6, 6.07) is -0.154. The van der Waals surface area contributed by atoms with Crippen LogP contribution in [0.3, 0.4) is 0 Å². The van der Waals surface area contributed by atoms with Crippen LogP contribution < -0.4 is 10.6 Å². The van der Waals surface area contributed by atoms with Gasteiger partial charge in [-0.15, -0.1) is 24.8 Å². The molecule has 74 valence electrons. The molecule has 0 aliphatic carbocycles. The molecule has 12 heavy (non-hydrogen) atoms. The van der Waals surface area contributed by atoms with Crippen LogP contribution in [0.4, 0.5) is 0 Å². The molecular weight excluding hydrogens is 203 g/mol. The molecule has 0 spiro atoms. The summed E-state index contributed by atoms with van der Waals surface area (Å²) < 4.78 is 4.55. The molecule has 1 saturated heterocycles. The Morgan fingerprint density at radius 3 is 2.50 bits per heavy atom. The van der Waals surface area contributed by atoms with E-state index in [0.717, 1.165) is 13.1 Å². The van der Waals surface area contributed by atoms with E-state index >= 15 is 0 Å². The van der Waals surface area contributed by atoms with Crippen molar-refractivity contribution < 1.29 is 9.53 Å². The normalized spacial score (nSPS) is 21.6. The lowest BCUT2D eigenvalue weighted by Crippen LogP contribution is -2.52. The molecule has 1 atom stereocenters. The Morgan fingerprint density at radius 1 is 1.42 bits per heavy atom. The molecule has 0 aromatic rings. The number of carbonyl (C=O) groups excluding carboxylic acids is 1. The number of hydrogen-bond acceptors (Lipinski definition) is 4. The predicted octanol–water partition coefficient (Wildman–Crippen LogP) is -0.436. The molecule has 1 unspecified atom stereocenters. The van der Waals surface area contributed by atoms with Gasteiger partial charge in [0.25, 0.3) is 0 Å². The first-order chi connectivity index (χ1) is 4.84. The second-order valence-corrected chi connectivity index (χ2v) is 2.23. The molecule has 2 N–H and O–H groups in total. The number of rotatable bonds is 1. The van der Waals surface area contributed by atoms with E-state index in [4.69, 9.17) is 0 Å². The van der Waals surface area contributed by atoms with Gasteiger partial charge in [0.1, 0.15) is 6.04 Å². The van der Waals surface area contributed by atoms with Gasteiger partial charge in [0.2, 0.25) is 0 Å². The first kappa shape index (κ1) is 14.5. The van der Waals surface area contributed by atoms with E-state index in [1.54, 1.807) is 0 Å². The van der Waals surface area contributed by atoms with Gasteiger partial charge in [0.05, 0.1) is 7.11 Å². The van der Waals surface area contributed by atoms with Gasteiger partial charge in [0, 0.05) is 19.6 Å². The van der Waals surface area contributed by atoms with Gasteiger partial charge >= 0.3 is 5.97 Å². The first-order valence-electron chi connectivity index (χ1n) is 3.36. The van der Waals surface area contributed by atoms with Crippen LogP contribution in [0, 0.1) is 0 Å². The van der Waals surface area contributed by atoms with E-state index in [9.17, 15) is 4.79 Å². The van der Waals surface area contributed by atoms with Crippen LogP contribution in [0.1, 0.15) is 0 Å². The highest BCUT2D eigenvalue weighted by molar-refractivity contribution is 5.85. The van der Waals surface area contributed by atoms with E-state index in [-0.39, 0.29) is 36.8 Å². The van der Waals surface area contributed by atoms with Gasteiger partial charge < -0.3 is 15.4 Å². The maximum Gasteiger partial charge on any atom is 0.324 e. The molecule has 1 heterocycles.